The van der Waals surface area contributed by atoms with Gasteiger partial charge in [-0.1, -0.05) is 12.1 Å². The highest BCUT2D eigenvalue weighted by Gasteiger charge is 2.01. The lowest BCUT2D eigenvalue weighted by atomic mass is 10.2. The zero-order valence-electron chi connectivity index (χ0n) is 8.75. The van der Waals surface area contributed by atoms with Gasteiger partial charge in [0.1, 0.15) is 5.75 Å². The van der Waals surface area contributed by atoms with Crippen molar-refractivity contribution < 1.29 is 9.47 Å². The normalized spacial score (nSPS) is 10.1. The minimum Gasteiger partial charge on any atom is -0.491 e. The van der Waals surface area contributed by atoms with Crippen LogP contribution in [0.5, 0.6) is 5.75 Å². The smallest absolute Gasteiger partial charge is 0.142 e. The van der Waals surface area contributed by atoms with Crippen molar-refractivity contribution in [3.8, 4) is 5.75 Å². The Bertz CT molecular complexity index is 287. The van der Waals surface area contributed by atoms with Gasteiger partial charge in [0.15, 0.2) is 0 Å². The SMILES string of the molecule is COCCCOc1cccc(C)c1N. The summed E-state index contributed by atoms with van der Waals surface area (Å²) in [5, 5.41) is 0. The number of nitrogens with two attached hydrogens (primary N) is 1. The quantitative estimate of drug-likeness (QED) is 0.577. The lowest BCUT2D eigenvalue weighted by molar-refractivity contribution is 0.172. The summed E-state index contributed by atoms with van der Waals surface area (Å²) in [7, 11) is 1.68. The van der Waals surface area contributed by atoms with Crippen molar-refractivity contribution in [2.24, 2.45) is 0 Å². The number of benzene rings is 1. The number of hydrogen-bond donors (Lipinski definition) is 1. The second-order valence-electron chi connectivity index (χ2n) is 3.18. The molecule has 0 saturated heterocycles. The topological polar surface area (TPSA) is 44.5 Å². The summed E-state index contributed by atoms with van der Waals surface area (Å²) in [5.41, 5.74) is 7.62. The van der Waals surface area contributed by atoms with E-state index in [-0.39, 0.29) is 0 Å². The Kier molecular flexibility index (Phi) is 4.26. The Hall–Kier alpha value is -1.22. The maximum absolute atomic E-state index is 5.84. The van der Waals surface area contributed by atoms with E-state index in [4.69, 9.17) is 15.2 Å². The second kappa shape index (κ2) is 5.50. The van der Waals surface area contributed by atoms with Crippen LogP contribution in [0.2, 0.25) is 0 Å². The van der Waals surface area contributed by atoms with Crippen molar-refractivity contribution in [3.63, 3.8) is 0 Å². The number of nitrogen functional groups attached to an aromatic ring is 1. The van der Waals surface area contributed by atoms with Gasteiger partial charge in [0.2, 0.25) is 0 Å². The largest absolute Gasteiger partial charge is 0.491 e. The highest BCUT2D eigenvalue weighted by atomic mass is 16.5. The second-order valence-corrected chi connectivity index (χ2v) is 3.18. The number of hydrogen-bond acceptors (Lipinski definition) is 3. The van der Waals surface area contributed by atoms with E-state index >= 15 is 0 Å². The molecule has 0 spiro atoms. The summed E-state index contributed by atoms with van der Waals surface area (Å²) in [6.07, 6.45) is 0.879. The van der Waals surface area contributed by atoms with E-state index < -0.39 is 0 Å². The number of ether oxygens (including phenoxy) is 2. The molecule has 0 fully saturated rings. The van der Waals surface area contributed by atoms with E-state index in [1.165, 1.54) is 0 Å². The van der Waals surface area contributed by atoms with Gasteiger partial charge < -0.3 is 15.2 Å². The van der Waals surface area contributed by atoms with E-state index in [2.05, 4.69) is 0 Å². The van der Waals surface area contributed by atoms with Gasteiger partial charge >= 0.3 is 0 Å². The molecule has 2 N–H and O–H groups in total. The molecule has 0 aromatic heterocycles. The lowest BCUT2D eigenvalue weighted by Gasteiger charge is -2.09. The van der Waals surface area contributed by atoms with Crippen LogP contribution in [0, 0.1) is 6.92 Å². The summed E-state index contributed by atoms with van der Waals surface area (Å²) in [5.74, 6) is 0.765. The molecule has 0 aliphatic carbocycles. The van der Waals surface area contributed by atoms with Gasteiger partial charge in [-0.25, -0.2) is 0 Å². The maximum Gasteiger partial charge on any atom is 0.142 e. The highest BCUT2D eigenvalue weighted by molar-refractivity contribution is 5.57. The van der Waals surface area contributed by atoms with Crippen molar-refractivity contribution in [1.82, 2.24) is 0 Å². The number of aryl methyl sites for hydroxylation is 1. The van der Waals surface area contributed by atoms with Crippen molar-refractivity contribution in [2.45, 2.75) is 13.3 Å². The van der Waals surface area contributed by atoms with Crippen LogP contribution >= 0.6 is 0 Å². The third-order valence-electron chi connectivity index (χ3n) is 2.03. The van der Waals surface area contributed by atoms with E-state index in [0.29, 0.717) is 13.2 Å². The molecule has 0 unspecified atom stereocenters. The number of para-hydroxylation sites is 1. The van der Waals surface area contributed by atoms with Gasteiger partial charge in [0.05, 0.1) is 12.3 Å². The molecule has 0 saturated carbocycles. The fourth-order valence-electron chi connectivity index (χ4n) is 1.16. The summed E-state index contributed by atoms with van der Waals surface area (Å²) in [6.45, 7) is 3.32. The number of methoxy groups -OCH3 is 1. The fraction of sp³-hybridized carbons (Fsp3) is 0.455. The standard InChI is InChI=1S/C11H17NO2/c1-9-5-3-6-10(11(9)12)14-8-4-7-13-2/h3,5-6H,4,7-8,12H2,1-2H3. The van der Waals surface area contributed by atoms with Crippen molar-refractivity contribution in [3.05, 3.63) is 23.8 Å². The third kappa shape index (κ3) is 2.92. The van der Waals surface area contributed by atoms with Gasteiger partial charge in [-0.2, -0.15) is 0 Å². The lowest BCUT2D eigenvalue weighted by Crippen LogP contribution is -2.03. The summed E-state index contributed by atoms with van der Waals surface area (Å²) < 4.78 is 10.4. The molecule has 1 aromatic rings. The molecule has 78 valence electrons. The maximum atomic E-state index is 5.84. The van der Waals surface area contributed by atoms with E-state index in [1.807, 2.05) is 25.1 Å². The van der Waals surface area contributed by atoms with Crippen LogP contribution in [-0.2, 0) is 4.74 Å². The first-order chi connectivity index (χ1) is 6.75. The Balaban J connectivity index is 2.46. The van der Waals surface area contributed by atoms with E-state index in [1.54, 1.807) is 7.11 Å². The summed E-state index contributed by atoms with van der Waals surface area (Å²) in [6, 6.07) is 5.80. The van der Waals surface area contributed by atoms with Crippen molar-refractivity contribution >= 4 is 5.69 Å². The van der Waals surface area contributed by atoms with Crippen LogP contribution in [-0.4, -0.2) is 20.3 Å². The van der Waals surface area contributed by atoms with E-state index in [0.717, 1.165) is 23.4 Å². The Morgan fingerprint density at radius 3 is 2.79 bits per heavy atom. The molecule has 1 rings (SSSR count). The third-order valence-corrected chi connectivity index (χ3v) is 2.03. The Labute approximate surface area is 84.8 Å². The van der Waals surface area contributed by atoms with Crippen molar-refractivity contribution in [1.29, 1.82) is 0 Å². The molecule has 3 nitrogen and oxygen atoms in total. The molecule has 0 amide bonds. The molecular weight excluding hydrogens is 178 g/mol. The fourth-order valence-corrected chi connectivity index (χ4v) is 1.16. The average molecular weight is 195 g/mol. The van der Waals surface area contributed by atoms with E-state index in [9.17, 15) is 0 Å². The molecule has 0 aliphatic rings. The molecule has 0 aliphatic heterocycles. The van der Waals surface area contributed by atoms with Gasteiger partial charge in [-0.3, -0.25) is 0 Å². The van der Waals surface area contributed by atoms with Gasteiger partial charge in [-0.05, 0) is 18.6 Å². The summed E-state index contributed by atoms with van der Waals surface area (Å²) >= 11 is 0. The van der Waals surface area contributed by atoms with Crippen LogP contribution in [0.4, 0.5) is 5.69 Å². The zero-order valence-corrected chi connectivity index (χ0v) is 8.75. The van der Waals surface area contributed by atoms with Gasteiger partial charge in [0.25, 0.3) is 0 Å². The van der Waals surface area contributed by atoms with Crippen molar-refractivity contribution in [2.75, 3.05) is 26.1 Å². The molecule has 3 heteroatoms. The van der Waals surface area contributed by atoms with Crippen LogP contribution < -0.4 is 10.5 Å². The van der Waals surface area contributed by atoms with Crippen LogP contribution in [0.1, 0.15) is 12.0 Å². The molecule has 0 heterocycles. The molecule has 0 atom stereocenters. The minimum atomic E-state index is 0.640. The summed E-state index contributed by atoms with van der Waals surface area (Å²) in [4.78, 5) is 0. The van der Waals surface area contributed by atoms with Gasteiger partial charge in [0, 0.05) is 20.1 Å². The van der Waals surface area contributed by atoms with Gasteiger partial charge in [-0.15, -0.1) is 0 Å². The first kappa shape index (κ1) is 10.9. The highest BCUT2D eigenvalue weighted by Crippen LogP contribution is 2.24. The monoisotopic (exact) mass is 195 g/mol. The number of rotatable bonds is 5. The van der Waals surface area contributed by atoms with Crippen LogP contribution in [0.3, 0.4) is 0 Å². The molecule has 0 radical (unpaired) electrons. The predicted molar refractivity (Wildman–Crippen MR) is 57.6 cm³/mol. The molecule has 14 heavy (non-hydrogen) atoms. The first-order valence-electron chi connectivity index (χ1n) is 4.72. The number of anilines is 1. The first-order valence-corrected chi connectivity index (χ1v) is 4.72. The van der Waals surface area contributed by atoms with Crippen LogP contribution in [0.15, 0.2) is 18.2 Å². The Morgan fingerprint density at radius 2 is 2.07 bits per heavy atom. The molecular formula is C11H17NO2. The minimum absolute atomic E-state index is 0.640. The average Bonchev–Trinajstić information content (AvgIpc) is 2.19. The molecule has 0 bridgehead atoms. The Morgan fingerprint density at radius 1 is 1.29 bits per heavy atom. The van der Waals surface area contributed by atoms with Crippen LogP contribution in [0.25, 0.3) is 0 Å². The zero-order chi connectivity index (χ0) is 10.4. The molecule has 1 aromatic carbocycles. The predicted octanol–water partition coefficient (Wildman–Crippen LogP) is 1.99.